The van der Waals surface area contributed by atoms with Crippen LogP contribution in [-0.2, 0) is 9.59 Å². The van der Waals surface area contributed by atoms with Gasteiger partial charge in [0.2, 0.25) is 17.8 Å². The highest BCUT2D eigenvalue weighted by Gasteiger charge is 2.36. The average molecular weight is 413 g/mol. The van der Waals surface area contributed by atoms with Crippen LogP contribution < -0.4 is 21.1 Å². The standard InChI is InChI=1S/C21H24FN5O3/c1-11-4-3-5-12(2)27(11)21-25-18-17(20(30)26-21)15(10-16(28)24-18)19(29)23-14-8-6-13(22)7-9-14/h6-9,11-12,15H,3-5,10H2,1-2H3,(H,23,29)(H2,24,25,26,28,30)/t11-,12-,15+/m1/s1. The third-order valence-corrected chi connectivity index (χ3v) is 5.80. The van der Waals surface area contributed by atoms with Gasteiger partial charge in [0.1, 0.15) is 11.6 Å². The monoisotopic (exact) mass is 413 g/mol. The van der Waals surface area contributed by atoms with Crippen LogP contribution in [0.25, 0.3) is 0 Å². The lowest BCUT2D eigenvalue weighted by atomic mass is 9.92. The fraction of sp³-hybridized carbons (Fsp3) is 0.429. The summed E-state index contributed by atoms with van der Waals surface area (Å²) >= 11 is 0. The molecule has 3 heterocycles. The van der Waals surface area contributed by atoms with Gasteiger partial charge >= 0.3 is 0 Å². The zero-order chi connectivity index (χ0) is 21.4. The van der Waals surface area contributed by atoms with Crippen molar-refractivity contribution in [3.05, 3.63) is 46.0 Å². The lowest BCUT2D eigenvalue weighted by molar-refractivity contribution is -0.123. The van der Waals surface area contributed by atoms with Crippen molar-refractivity contribution >= 4 is 29.3 Å². The van der Waals surface area contributed by atoms with Gasteiger partial charge in [0.05, 0.1) is 11.5 Å². The Labute approximate surface area is 172 Å². The molecule has 3 N–H and O–H groups in total. The van der Waals surface area contributed by atoms with Crippen molar-refractivity contribution in [3.8, 4) is 0 Å². The topological polar surface area (TPSA) is 107 Å². The number of H-pyrrole nitrogens is 1. The minimum absolute atomic E-state index is 0.120. The average Bonchev–Trinajstić information content (AvgIpc) is 2.68. The predicted molar refractivity (Wildman–Crippen MR) is 111 cm³/mol. The number of amides is 2. The van der Waals surface area contributed by atoms with Crippen molar-refractivity contribution in [1.82, 2.24) is 9.97 Å². The maximum Gasteiger partial charge on any atom is 0.258 e. The number of carbonyl (C=O) groups is 2. The zero-order valence-electron chi connectivity index (χ0n) is 16.9. The number of nitrogens with zero attached hydrogens (tertiary/aromatic N) is 2. The van der Waals surface area contributed by atoms with E-state index < -0.39 is 23.2 Å². The molecule has 0 radical (unpaired) electrons. The van der Waals surface area contributed by atoms with Crippen LogP contribution in [0.3, 0.4) is 0 Å². The molecule has 9 heteroatoms. The van der Waals surface area contributed by atoms with Gasteiger partial charge in [-0.15, -0.1) is 0 Å². The Balaban J connectivity index is 1.67. The van der Waals surface area contributed by atoms with Gasteiger partial charge in [-0.3, -0.25) is 19.4 Å². The number of anilines is 3. The highest BCUT2D eigenvalue weighted by molar-refractivity contribution is 6.04. The first-order chi connectivity index (χ1) is 14.3. The predicted octanol–water partition coefficient (Wildman–Crippen LogP) is 2.74. The molecule has 3 atom stereocenters. The number of aromatic nitrogens is 2. The number of halogens is 1. The van der Waals surface area contributed by atoms with Crippen LogP contribution in [0.15, 0.2) is 29.1 Å². The first-order valence-corrected chi connectivity index (χ1v) is 10.1. The van der Waals surface area contributed by atoms with Gasteiger partial charge in [0.15, 0.2) is 0 Å². The summed E-state index contributed by atoms with van der Waals surface area (Å²) < 4.78 is 13.1. The van der Waals surface area contributed by atoms with Crippen molar-refractivity contribution in [2.75, 3.05) is 15.5 Å². The molecule has 0 spiro atoms. The highest BCUT2D eigenvalue weighted by Crippen LogP contribution is 2.32. The van der Waals surface area contributed by atoms with Crippen molar-refractivity contribution < 1.29 is 14.0 Å². The summed E-state index contributed by atoms with van der Waals surface area (Å²) in [6, 6.07) is 5.68. The van der Waals surface area contributed by atoms with Gasteiger partial charge in [-0.2, -0.15) is 4.98 Å². The van der Waals surface area contributed by atoms with Crippen LogP contribution in [-0.4, -0.2) is 33.9 Å². The van der Waals surface area contributed by atoms with Crippen molar-refractivity contribution in [2.45, 2.75) is 57.5 Å². The van der Waals surface area contributed by atoms with Gasteiger partial charge in [0, 0.05) is 24.2 Å². The minimum Gasteiger partial charge on any atom is -0.337 e. The molecule has 1 saturated heterocycles. The minimum atomic E-state index is -0.986. The molecule has 2 aliphatic heterocycles. The summed E-state index contributed by atoms with van der Waals surface area (Å²) in [6.07, 6.45) is 2.91. The first kappa shape index (κ1) is 20.1. The van der Waals surface area contributed by atoms with E-state index in [1.165, 1.54) is 24.3 Å². The zero-order valence-corrected chi connectivity index (χ0v) is 16.9. The summed E-state index contributed by atoms with van der Waals surface area (Å²) in [6.45, 7) is 4.15. The van der Waals surface area contributed by atoms with Gasteiger partial charge in [-0.05, 0) is 57.4 Å². The molecule has 0 aliphatic carbocycles. The highest BCUT2D eigenvalue weighted by atomic mass is 19.1. The number of aromatic amines is 1. The third-order valence-electron chi connectivity index (χ3n) is 5.80. The van der Waals surface area contributed by atoms with E-state index in [0.29, 0.717) is 11.6 Å². The Hall–Kier alpha value is -3.23. The Bertz CT molecular complexity index is 1030. The summed E-state index contributed by atoms with van der Waals surface area (Å²) in [5, 5.41) is 5.28. The number of rotatable bonds is 3. The molecule has 2 aromatic rings. The maximum atomic E-state index is 13.1. The van der Waals surface area contributed by atoms with Crippen molar-refractivity contribution in [1.29, 1.82) is 0 Å². The number of benzene rings is 1. The number of fused-ring (bicyclic) bond motifs is 1. The second-order valence-electron chi connectivity index (χ2n) is 7.99. The molecular formula is C21H24FN5O3. The van der Waals surface area contributed by atoms with E-state index in [1.807, 2.05) is 0 Å². The molecular weight excluding hydrogens is 389 g/mol. The van der Waals surface area contributed by atoms with E-state index in [9.17, 15) is 18.8 Å². The molecule has 0 saturated carbocycles. The van der Waals surface area contributed by atoms with E-state index in [2.05, 4.69) is 39.3 Å². The summed E-state index contributed by atoms with van der Waals surface area (Å²) in [7, 11) is 0. The summed E-state index contributed by atoms with van der Waals surface area (Å²) in [4.78, 5) is 47.4. The largest absolute Gasteiger partial charge is 0.337 e. The molecule has 2 amide bonds. The van der Waals surface area contributed by atoms with Crippen LogP contribution >= 0.6 is 0 Å². The molecule has 2 aliphatic rings. The Morgan fingerprint density at radius 3 is 2.50 bits per heavy atom. The number of carbonyl (C=O) groups excluding carboxylic acids is 2. The Kier molecular flexibility index (Phi) is 5.27. The van der Waals surface area contributed by atoms with E-state index in [-0.39, 0.29) is 35.8 Å². The number of piperidine rings is 1. The SMILES string of the molecule is C[C@@H]1CCC[C@@H](C)N1c1nc2c(c(=O)[nH]1)[C@@H](C(=O)Nc1ccc(F)cc1)CC(=O)N2. The van der Waals surface area contributed by atoms with Crippen molar-refractivity contribution in [2.24, 2.45) is 0 Å². The second kappa shape index (κ2) is 7.89. The molecule has 1 fully saturated rings. The van der Waals surface area contributed by atoms with E-state index in [1.54, 1.807) is 0 Å². The van der Waals surface area contributed by atoms with Crippen LogP contribution in [0.1, 0.15) is 51.0 Å². The smallest absolute Gasteiger partial charge is 0.258 e. The maximum absolute atomic E-state index is 13.1. The molecule has 158 valence electrons. The van der Waals surface area contributed by atoms with Gasteiger partial charge in [0.25, 0.3) is 5.56 Å². The molecule has 1 aromatic heterocycles. The normalized spacial score (nSPS) is 23.5. The summed E-state index contributed by atoms with van der Waals surface area (Å²) in [5.74, 6) is -1.79. The lowest BCUT2D eigenvalue weighted by Crippen LogP contribution is -2.46. The molecule has 0 bridgehead atoms. The van der Waals surface area contributed by atoms with E-state index in [0.717, 1.165) is 19.3 Å². The Morgan fingerprint density at radius 2 is 1.83 bits per heavy atom. The number of hydrogen-bond acceptors (Lipinski definition) is 5. The summed E-state index contributed by atoms with van der Waals surface area (Å²) in [5.41, 5.74) is 0.0698. The Morgan fingerprint density at radius 1 is 1.17 bits per heavy atom. The van der Waals surface area contributed by atoms with Crippen LogP contribution in [0.4, 0.5) is 21.8 Å². The molecule has 8 nitrogen and oxygen atoms in total. The third kappa shape index (κ3) is 3.79. The van der Waals surface area contributed by atoms with Gasteiger partial charge in [-0.25, -0.2) is 4.39 Å². The van der Waals surface area contributed by atoms with Crippen LogP contribution in [0.2, 0.25) is 0 Å². The lowest BCUT2D eigenvalue weighted by Gasteiger charge is -2.39. The van der Waals surface area contributed by atoms with E-state index in [4.69, 9.17) is 0 Å². The van der Waals surface area contributed by atoms with Crippen LogP contribution in [0, 0.1) is 5.82 Å². The quantitative estimate of drug-likeness (QED) is 0.717. The number of nitrogens with one attached hydrogen (secondary N) is 3. The fourth-order valence-corrected chi connectivity index (χ4v) is 4.31. The first-order valence-electron chi connectivity index (χ1n) is 10.1. The number of hydrogen-bond donors (Lipinski definition) is 3. The molecule has 4 rings (SSSR count). The molecule has 1 aromatic carbocycles. The van der Waals surface area contributed by atoms with Gasteiger partial charge in [-0.1, -0.05) is 0 Å². The van der Waals surface area contributed by atoms with Gasteiger partial charge < -0.3 is 15.5 Å². The molecule has 0 unspecified atom stereocenters. The van der Waals surface area contributed by atoms with Crippen LogP contribution in [0.5, 0.6) is 0 Å². The fourth-order valence-electron chi connectivity index (χ4n) is 4.31. The second-order valence-corrected chi connectivity index (χ2v) is 7.99. The van der Waals surface area contributed by atoms with Crippen molar-refractivity contribution in [3.63, 3.8) is 0 Å². The van der Waals surface area contributed by atoms with E-state index >= 15 is 0 Å². The molecule has 30 heavy (non-hydrogen) atoms.